The maximum atomic E-state index is 13.5. The Morgan fingerprint density at radius 1 is 1.10 bits per heavy atom. The van der Waals surface area contributed by atoms with Gasteiger partial charge < -0.3 is 0 Å². The lowest BCUT2D eigenvalue weighted by Gasteiger charge is -2.33. The molecule has 0 aliphatic carbocycles. The summed E-state index contributed by atoms with van der Waals surface area (Å²) in [5, 5.41) is 4.40. The number of nitrogens with zero attached hydrogens (tertiary/aromatic N) is 5. The van der Waals surface area contributed by atoms with Crippen LogP contribution in [0.25, 0.3) is 16.9 Å². The third-order valence-corrected chi connectivity index (χ3v) is 6.16. The molecule has 2 aromatic carbocycles. The predicted molar refractivity (Wildman–Crippen MR) is 119 cm³/mol. The first-order chi connectivity index (χ1) is 15.1. The third kappa shape index (κ3) is 4.08. The van der Waals surface area contributed by atoms with Crippen molar-refractivity contribution in [1.29, 1.82) is 0 Å². The summed E-state index contributed by atoms with van der Waals surface area (Å²) in [4.78, 5) is 11.3. The van der Waals surface area contributed by atoms with Crippen molar-refractivity contribution >= 4 is 5.78 Å². The zero-order chi connectivity index (χ0) is 21.4. The highest BCUT2D eigenvalue weighted by Crippen LogP contribution is 2.29. The van der Waals surface area contributed by atoms with Crippen LogP contribution in [0.2, 0.25) is 0 Å². The maximum absolute atomic E-state index is 13.5. The largest absolute Gasteiger partial charge is 0.298 e. The molecule has 4 aromatic rings. The van der Waals surface area contributed by atoms with E-state index in [9.17, 15) is 4.39 Å². The second kappa shape index (κ2) is 8.19. The molecule has 3 heterocycles. The molecule has 1 aliphatic rings. The van der Waals surface area contributed by atoms with Crippen molar-refractivity contribution in [2.45, 2.75) is 39.2 Å². The average Bonchev–Trinajstić information content (AvgIpc) is 3.22. The summed E-state index contributed by atoms with van der Waals surface area (Å²) in [5.74, 6) is 0.890. The van der Waals surface area contributed by atoms with E-state index in [-0.39, 0.29) is 5.82 Å². The van der Waals surface area contributed by atoms with Gasteiger partial charge in [0.2, 0.25) is 0 Å². The standard InChI is InChI=1S/C25H26FN5/c1-17-11-22(26)8-9-23(17)20-6-3-5-19(13-20)14-30-10-4-7-21(15-30)24-12-18(2)29-25-27-16-28-31(24)25/h3,5-6,8-9,11-13,16,21H,4,7,10,14-15H2,1-2H3. The molecule has 0 N–H and O–H groups in total. The number of hydrogen-bond acceptors (Lipinski definition) is 4. The summed E-state index contributed by atoms with van der Waals surface area (Å²) in [6.45, 7) is 6.94. The summed E-state index contributed by atoms with van der Waals surface area (Å²) in [6.07, 6.45) is 3.87. The number of halogens is 1. The van der Waals surface area contributed by atoms with Gasteiger partial charge in [0.1, 0.15) is 12.1 Å². The van der Waals surface area contributed by atoms with Gasteiger partial charge in [-0.2, -0.15) is 10.1 Å². The van der Waals surface area contributed by atoms with Crippen molar-refractivity contribution in [1.82, 2.24) is 24.5 Å². The van der Waals surface area contributed by atoms with Crippen molar-refractivity contribution in [2.24, 2.45) is 0 Å². The lowest BCUT2D eigenvalue weighted by atomic mass is 9.93. The monoisotopic (exact) mass is 415 g/mol. The number of fused-ring (bicyclic) bond motifs is 1. The number of piperidine rings is 1. The Kier molecular flexibility index (Phi) is 5.24. The van der Waals surface area contributed by atoms with Crippen LogP contribution in [-0.4, -0.2) is 37.6 Å². The maximum Gasteiger partial charge on any atom is 0.252 e. The highest BCUT2D eigenvalue weighted by Gasteiger charge is 2.24. The average molecular weight is 416 g/mol. The van der Waals surface area contributed by atoms with Gasteiger partial charge >= 0.3 is 0 Å². The molecule has 1 atom stereocenters. The second-order valence-electron chi connectivity index (χ2n) is 8.53. The number of aryl methyl sites for hydroxylation is 2. The Balaban J connectivity index is 1.36. The Morgan fingerprint density at radius 3 is 2.87 bits per heavy atom. The van der Waals surface area contributed by atoms with E-state index in [1.165, 1.54) is 17.3 Å². The van der Waals surface area contributed by atoms with Crippen LogP contribution in [0.15, 0.2) is 54.9 Å². The molecular formula is C25H26FN5. The first kappa shape index (κ1) is 19.8. The molecule has 158 valence electrons. The minimum Gasteiger partial charge on any atom is -0.298 e. The fourth-order valence-electron chi connectivity index (χ4n) is 4.74. The van der Waals surface area contributed by atoms with Gasteiger partial charge in [0.25, 0.3) is 5.78 Å². The van der Waals surface area contributed by atoms with Crippen LogP contribution in [0, 0.1) is 19.7 Å². The van der Waals surface area contributed by atoms with E-state index in [1.807, 2.05) is 24.4 Å². The van der Waals surface area contributed by atoms with E-state index in [0.717, 1.165) is 54.9 Å². The summed E-state index contributed by atoms with van der Waals surface area (Å²) >= 11 is 0. The predicted octanol–water partition coefficient (Wildman–Crippen LogP) is 4.93. The van der Waals surface area contributed by atoms with Crippen molar-refractivity contribution in [3.63, 3.8) is 0 Å². The summed E-state index contributed by atoms with van der Waals surface area (Å²) in [6, 6.07) is 15.8. The van der Waals surface area contributed by atoms with Gasteiger partial charge in [-0.05, 0) is 79.8 Å². The Morgan fingerprint density at radius 2 is 2.00 bits per heavy atom. The van der Waals surface area contributed by atoms with Crippen LogP contribution >= 0.6 is 0 Å². The van der Waals surface area contributed by atoms with Crippen molar-refractivity contribution < 1.29 is 4.39 Å². The van der Waals surface area contributed by atoms with Gasteiger partial charge in [0.15, 0.2) is 0 Å². The van der Waals surface area contributed by atoms with Crippen molar-refractivity contribution in [3.05, 3.63) is 83.2 Å². The highest BCUT2D eigenvalue weighted by molar-refractivity contribution is 5.67. The van der Waals surface area contributed by atoms with Gasteiger partial charge in [-0.3, -0.25) is 4.90 Å². The topological polar surface area (TPSA) is 46.3 Å². The highest BCUT2D eigenvalue weighted by atomic mass is 19.1. The Bertz CT molecular complexity index is 1230. The minimum atomic E-state index is -0.190. The fourth-order valence-corrected chi connectivity index (χ4v) is 4.74. The van der Waals surface area contributed by atoms with Gasteiger partial charge in [0.05, 0.1) is 5.69 Å². The molecule has 6 heteroatoms. The molecule has 0 bridgehead atoms. The number of rotatable bonds is 4. The molecule has 5 rings (SSSR count). The van der Waals surface area contributed by atoms with Gasteiger partial charge in [-0.15, -0.1) is 0 Å². The molecule has 1 aliphatic heterocycles. The molecule has 1 unspecified atom stereocenters. The van der Waals surface area contributed by atoms with E-state index in [0.29, 0.717) is 11.7 Å². The zero-order valence-corrected chi connectivity index (χ0v) is 17.9. The molecule has 31 heavy (non-hydrogen) atoms. The van der Waals surface area contributed by atoms with Crippen molar-refractivity contribution in [2.75, 3.05) is 13.1 Å². The van der Waals surface area contributed by atoms with Crippen LogP contribution in [-0.2, 0) is 6.54 Å². The zero-order valence-electron chi connectivity index (χ0n) is 17.9. The van der Waals surface area contributed by atoms with Crippen LogP contribution in [0.1, 0.15) is 41.3 Å². The molecule has 0 amide bonds. The van der Waals surface area contributed by atoms with E-state index in [1.54, 1.807) is 12.4 Å². The van der Waals surface area contributed by atoms with Crippen LogP contribution in [0.3, 0.4) is 0 Å². The van der Waals surface area contributed by atoms with Gasteiger partial charge in [-0.1, -0.05) is 24.3 Å². The molecule has 1 fully saturated rings. The van der Waals surface area contributed by atoms with E-state index in [4.69, 9.17) is 0 Å². The van der Waals surface area contributed by atoms with Crippen LogP contribution in [0.4, 0.5) is 4.39 Å². The normalized spacial score (nSPS) is 17.3. The van der Waals surface area contributed by atoms with E-state index >= 15 is 0 Å². The quantitative estimate of drug-likeness (QED) is 0.474. The molecule has 2 aromatic heterocycles. The van der Waals surface area contributed by atoms with Crippen molar-refractivity contribution in [3.8, 4) is 11.1 Å². The number of likely N-dealkylation sites (tertiary alicyclic amines) is 1. The summed E-state index contributed by atoms with van der Waals surface area (Å²) in [5.41, 5.74) is 6.63. The molecule has 0 saturated carbocycles. The molecule has 1 saturated heterocycles. The smallest absolute Gasteiger partial charge is 0.252 e. The summed E-state index contributed by atoms with van der Waals surface area (Å²) in [7, 11) is 0. The first-order valence-corrected chi connectivity index (χ1v) is 10.8. The molecular weight excluding hydrogens is 389 g/mol. The van der Waals surface area contributed by atoms with Crippen LogP contribution < -0.4 is 0 Å². The van der Waals surface area contributed by atoms with Crippen LogP contribution in [0.5, 0.6) is 0 Å². The van der Waals surface area contributed by atoms with Gasteiger partial charge in [0, 0.05) is 24.7 Å². The minimum absolute atomic E-state index is 0.190. The third-order valence-electron chi connectivity index (χ3n) is 6.16. The molecule has 0 spiro atoms. The Hall–Kier alpha value is -3.12. The molecule has 5 nitrogen and oxygen atoms in total. The van der Waals surface area contributed by atoms with E-state index < -0.39 is 0 Å². The first-order valence-electron chi connectivity index (χ1n) is 10.8. The Labute approximate surface area is 181 Å². The number of hydrogen-bond donors (Lipinski definition) is 0. The number of benzene rings is 2. The lowest BCUT2D eigenvalue weighted by molar-refractivity contribution is 0.197. The second-order valence-corrected chi connectivity index (χ2v) is 8.53. The number of aromatic nitrogens is 4. The van der Waals surface area contributed by atoms with E-state index in [2.05, 4.69) is 50.3 Å². The molecule has 0 radical (unpaired) electrons. The fraction of sp³-hybridized carbons (Fsp3) is 0.320. The lowest BCUT2D eigenvalue weighted by Crippen LogP contribution is -2.34. The SMILES string of the molecule is Cc1cc(C2CCCN(Cc3cccc(-c4ccc(F)cc4C)c3)C2)n2ncnc2n1. The summed E-state index contributed by atoms with van der Waals surface area (Å²) < 4.78 is 15.4. The van der Waals surface area contributed by atoms with Gasteiger partial charge in [-0.25, -0.2) is 13.9 Å².